The summed E-state index contributed by atoms with van der Waals surface area (Å²) in [6.07, 6.45) is 0. The quantitative estimate of drug-likeness (QED) is 0.632. The molecule has 1 saturated heterocycles. The number of nitro benzene ring substituents is 1. The van der Waals surface area contributed by atoms with Crippen LogP contribution in [0.2, 0.25) is 0 Å². The summed E-state index contributed by atoms with van der Waals surface area (Å²) in [7, 11) is 0. The van der Waals surface area contributed by atoms with Crippen molar-refractivity contribution in [2.75, 3.05) is 12.3 Å². The van der Waals surface area contributed by atoms with Crippen molar-refractivity contribution in [1.29, 1.82) is 0 Å². The largest absolute Gasteiger partial charge is 0.305 e. The predicted octanol–water partition coefficient (Wildman–Crippen LogP) is 3.06. The van der Waals surface area contributed by atoms with Gasteiger partial charge < -0.3 is 0 Å². The van der Waals surface area contributed by atoms with E-state index in [0.29, 0.717) is 23.4 Å². The molecule has 4 nitrogen and oxygen atoms in total. The molecule has 1 aromatic rings. The second-order valence-electron chi connectivity index (χ2n) is 4.79. The zero-order valence-electron chi connectivity index (χ0n) is 11.0. The minimum absolute atomic E-state index is 0.345. The van der Waals surface area contributed by atoms with Crippen LogP contribution in [0.15, 0.2) is 18.2 Å². The van der Waals surface area contributed by atoms with Crippen LogP contribution in [0.3, 0.4) is 0 Å². The van der Waals surface area contributed by atoms with Crippen molar-refractivity contribution in [3.8, 4) is 0 Å². The van der Waals surface area contributed by atoms with Crippen molar-refractivity contribution < 1.29 is 9.31 Å². The maximum Gasteiger partial charge on any atom is 0.305 e. The lowest BCUT2D eigenvalue weighted by Crippen LogP contribution is -2.44. The summed E-state index contributed by atoms with van der Waals surface area (Å²) in [4.78, 5) is 12.2. The number of hydrogen-bond donors (Lipinski definition) is 0. The Morgan fingerprint density at radius 1 is 1.53 bits per heavy atom. The molecule has 0 bridgehead atoms. The first-order valence-electron chi connectivity index (χ1n) is 6.28. The monoisotopic (exact) mass is 284 g/mol. The lowest BCUT2D eigenvalue weighted by molar-refractivity contribution is -0.387. The number of hydrogen-bond acceptors (Lipinski definition) is 4. The van der Waals surface area contributed by atoms with Gasteiger partial charge in [0.1, 0.15) is 0 Å². The van der Waals surface area contributed by atoms with Crippen molar-refractivity contribution >= 4 is 17.4 Å². The first kappa shape index (κ1) is 14.3. The molecule has 1 aromatic carbocycles. The third-order valence-corrected chi connectivity index (χ3v) is 4.98. The molecule has 2 unspecified atom stereocenters. The number of rotatable bonds is 3. The Morgan fingerprint density at radius 3 is 2.95 bits per heavy atom. The highest BCUT2D eigenvalue weighted by Gasteiger charge is 2.27. The number of nitro groups is 1. The Bertz CT molecular complexity index is 484. The van der Waals surface area contributed by atoms with E-state index < -0.39 is 16.4 Å². The molecule has 1 heterocycles. The van der Waals surface area contributed by atoms with Gasteiger partial charge in [0.05, 0.1) is 4.92 Å². The normalized spacial score (nSPS) is 24.4. The molecule has 6 heteroatoms. The van der Waals surface area contributed by atoms with Gasteiger partial charge in [-0.3, -0.25) is 15.0 Å². The molecule has 2 rings (SSSR count). The Hall–Kier alpha value is -1.14. The van der Waals surface area contributed by atoms with Gasteiger partial charge in [0, 0.05) is 41.8 Å². The molecule has 1 fully saturated rings. The molecular weight excluding hydrogens is 267 g/mol. The molecule has 2 atom stereocenters. The molecule has 0 N–H and O–H groups in total. The smallest absolute Gasteiger partial charge is 0.294 e. The van der Waals surface area contributed by atoms with Crippen LogP contribution in [0.1, 0.15) is 19.4 Å². The van der Waals surface area contributed by atoms with Crippen molar-refractivity contribution in [3.05, 3.63) is 39.7 Å². The fraction of sp³-hybridized carbons (Fsp3) is 0.538. The van der Waals surface area contributed by atoms with E-state index in [2.05, 4.69) is 18.7 Å². The number of benzene rings is 1. The van der Waals surface area contributed by atoms with Crippen molar-refractivity contribution in [3.63, 3.8) is 0 Å². The standard InChI is InChI=1S/C13H17FN2O2S/c1-9-10(2)19-7-6-15(9)8-11-4-3-5-12(13(11)14)16(17)18/h3-5,9-10H,6-8H2,1-2H3. The minimum atomic E-state index is -0.703. The highest BCUT2D eigenvalue weighted by Crippen LogP contribution is 2.27. The summed E-state index contributed by atoms with van der Waals surface area (Å²) in [6.45, 7) is 5.59. The lowest BCUT2D eigenvalue weighted by atomic mass is 10.1. The van der Waals surface area contributed by atoms with Crippen LogP contribution in [0, 0.1) is 15.9 Å². The van der Waals surface area contributed by atoms with Crippen LogP contribution in [-0.4, -0.2) is 33.4 Å². The predicted molar refractivity (Wildman–Crippen MR) is 74.8 cm³/mol. The number of nitrogens with zero attached hydrogens (tertiary/aromatic N) is 2. The molecule has 1 aliphatic rings. The van der Waals surface area contributed by atoms with E-state index >= 15 is 0 Å². The number of halogens is 1. The van der Waals surface area contributed by atoms with Gasteiger partial charge in [0.2, 0.25) is 5.82 Å². The van der Waals surface area contributed by atoms with Gasteiger partial charge >= 0.3 is 5.69 Å². The third-order valence-electron chi connectivity index (χ3n) is 3.64. The van der Waals surface area contributed by atoms with Crippen LogP contribution < -0.4 is 0 Å². The third kappa shape index (κ3) is 3.06. The minimum Gasteiger partial charge on any atom is -0.294 e. The van der Waals surface area contributed by atoms with E-state index in [1.54, 1.807) is 12.1 Å². The highest BCUT2D eigenvalue weighted by atomic mass is 32.2. The summed E-state index contributed by atoms with van der Waals surface area (Å²) < 4.78 is 14.0. The average molecular weight is 284 g/mol. The van der Waals surface area contributed by atoms with Gasteiger partial charge in [0.25, 0.3) is 0 Å². The summed E-state index contributed by atoms with van der Waals surface area (Å²) in [5.74, 6) is 0.313. The lowest BCUT2D eigenvalue weighted by Gasteiger charge is -2.37. The molecule has 104 valence electrons. The summed E-state index contributed by atoms with van der Waals surface area (Å²) >= 11 is 1.91. The average Bonchev–Trinajstić information content (AvgIpc) is 2.37. The van der Waals surface area contributed by atoms with Gasteiger partial charge in [-0.25, -0.2) is 0 Å². The van der Waals surface area contributed by atoms with Gasteiger partial charge in [0.15, 0.2) is 0 Å². The molecular formula is C13H17FN2O2S. The fourth-order valence-corrected chi connectivity index (χ4v) is 3.43. The molecule has 19 heavy (non-hydrogen) atoms. The molecule has 0 aliphatic carbocycles. The van der Waals surface area contributed by atoms with E-state index in [-0.39, 0.29) is 0 Å². The molecule has 0 aromatic heterocycles. The zero-order valence-corrected chi connectivity index (χ0v) is 11.8. The van der Waals surface area contributed by atoms with Crippen molar-refractivity contribution in [1.82, 2.24) is 4.90 Å². The molecule has 0 amide bonds. The summed E-state index contributed by atoms with van der Waals surface area (Å²) in [5.41, 5.74) is -0.0373. The SMILES string of the molecule is CC1SCCN(Cc2cccc([N+](=O)[O-])c2F)C1C. The first-order valence-corrected chi connectivity index (χ1v) is 7.33. The van der Waals surface area contributed by atoms with E-state index in [1.807, 2.05) is 11.8 Å². The summed E-state index contributed by atoms with van der Waals surface area (Å²) in [5, 5.41) is 11.2. The van der Waals surface area contributed by atoms with Crippen LogP contribution in [0.4, 0.5) is 10.1 Å². The second kappa shape index (κ2) is 5.88. The van der Waals surface area contributed by atoms with Crippen molar-refractivity contribution in [2.24, 2.45) is 0 Å². The Balaban J connectivity index is 2.19. The van der Waals surface area contributed by atoms with E-state index in [9.17, 15) is 14.5 Å². The highest BCUT2D eigenvalue weighted by molar-refractivity contribution is 8.00. The summed E-state index contributed by atoms with van der Waals surface area (Å²) in [6, 6.07) is 4.72. The Labute approximate surface area is 116 Å². The van der Waals surface area contributed by atoms with Crippen molar-refractivity contribution in [2.45, 2.75) is 31.7 Å². The van der Waals surface area contributed by atoms with Gasteiger partial charge in [-0.2, -0.15) is 16.2 Å². The van der Waals surface area contributed by atoms with Crippen LogP contribution in [0.5, 0.6) is 0 Å². The van der Waals surface area contributed by atoms with Gasteiger partial charge in [-0.15, -0.1) is 0 Å². The number of thioether (sulfide) groups is 1. The Kier molecular flexibility index (Phi) is 4.42. The van der Waals surface area contributed by atoms with E-state index in [4.69, 9.17) is 0 Å². The molecule has 0 radical (unpaired) electrons. The van der Waals surface area contributed by atoms with Gasteiger partial charge in [-0.1, -0.05) is 19.1 Å². The molecule has 0 spiro atoms. The van der Waals surface area contributed by atoms with Gasteiger partial charge in [-0.05, 0) is 6.92 Å². The first-order chi connectivity index (χ1) is 9.00. The fourth-order valence-electron chi connectivity index (χ4n) is 2.27. The molecule has 1 aliphatic heterocycles. The van der Waals surface area contributed by atoms with E-state index in [0.717, 1.165) is 12.3 Å². The maximum absolute atomic E-state index is 14.0. The second-order valence-corrected chi connectivity index (χ2v) is 6.28. The van der Waals surface area contributed by atoms with Crippen LogP contribution in [-0.2, 0) is 6.54 Å². The van der Waals surface area contributed by atoms with Crippen LogP contribution >= 0.6 is 11.8 Å². The molecule has 0 saturated carbocycles. The Morgan fingerprint density at radius 2 is 2.26 bits per heavy atom. The maximum atomic E-state index is 14.0. The van der Waals surface area contributed by atoms with Crippen LogP contribution in [0.25, 0.3) is 0 Å². The van der Waals surface area contributed by atoms with E-state index in [1.165, 1.54) is 6.07 Å². The topological polar surface area (TPSA) is 46.4 Å². The zero-order chi connectivity index (χ0) is 14.0.